The summed E-state index contributed by atoms with van der Waals surface area (Å²) in [7, 11) is 0. The van der Waals surface area contributed by atoms with E-state index in [4.69, 9.17) is 5.11 Å². The van der Waals surface area contributed by atoms with Crippen LogP contribution in [-0.2, 0) is 11.2 Å². The van der Waals surface area contributed by atoms with Crippen molar-refractivity contribution in [1.82, 2.24) is 4.90 Å². The number of hydrogen-bond donors (Lipinski definition) is 1. The Labute approximate surface area is 125 Å². The molecule has 2 rings (SSSR count). The number of benzene rings is 1. The highest BCUT2D eigenvalue weighted by atomic mass is 19.4. The second-order valence-corrected chi connectivity index (χ2v) is 5.31. The molecule has 22 heavy (non-hydrogen) atoms. The van der Waals surface area contributed by atoms with Crippen LogP contribution in [0, 0.1) is 0 Å². The van der Waals surface area contributed by atoms with E-state index in [0.717, 1.165) is 0 Å². The molecule has 1 amide bonds. The zero-order chi connectivity index (χ0) is 16.3. The van der Waals surface area contributed by atoms with E-state index < -0.39 is 30.5 Å². The van der Waals surface area contributed by atoms with Crippen molar-refractivity contribution in [2.75, 3.05) is 6.54 Å². The number of carbonyl (C=O) groups excluding carboxylic acids is 1. The maximum atomic E-state index is 12.3. The standard InChI is InChI=1S/C15H16F3NO3/c16-15(17,18)8-7-10-3-5-11(6-4-10)13(20)19-9-1-2-12(19)14(21)22/h3-6,12H,1-2,7-9H2,(H,21,22)/t12-/m1/s1. The SMILES string of the molecule is O=C(O)[C@H]1CCCN1C(=O)c1ccc(CCC(F)(F)F)cc1. The highest BCUT2D eigenvalue weighted by molar-refractivity contribution is 5.97. The number of alkyl halides is 3. The molecule has 0 spiro atoms. The monoisotopic (exact) mass is 315 g/mol. The Hall–Kier alpha value is -2.05. The molecule has 1 atom stereocenters. The van der Waals surface area contributed by atoms with Crippen molar-refractivity contribution in [3.63, 3.8) is 0 Å². The lowest BCUT2D eigenvalue weighted by Gasteiger charge is -2.21. The third kappa shape index (κ3) is 3.99. The van der Waals surface area contributed by atoms with Gasteiger partial charge in [0.2, 0.25) is 0 Å². The fourth-order valence-electron chi connectivity index (χ4n) is 2.53. The number of amides is 1. The average Bonchev–Trinajstić information content (AvgIpc) is 2.94. The van der Waals surface area contributed by atoms with Crippen LogP contribution in [0.25, 0.3) is 0 Å². The van der Waals surface area contributed by atoms with Crippen molar-refractivity contribution >= 4 is 11.9 Å². The van der Waals surface area contributed by atoms with E-state index >= 15 is 0 Å². The topological polar surface area (TPSA) is 57.6 Å². The van der Waals surface area contributed by atoms with Crippen LogP contribution in [0.15, 0.2) is 24.3 Å². The molecule has 0 bridgehead atoms. The Balaban J connectivity index is 2.03. The fourth-order valence-corrected chi connectivity index (χ4v) is 2.53. The minimum Gasteiger partial charge on any atom is -0.480 e. The first kappa shape index (κ1) is 16.3. The number of carboxylic acids is 1. The number of aryl methyl sites for hydroxylation is 1. The highest BCUT2D eigenvalue weighted by Gasteiger charge is 2.34. The molecule has 0 unspecified atom stereocenters. The Bertz CT molecular complexity index is 554. The van der Waals surface area contributed by atoms with Gasteiger partial charge in [0.15, 0.2) is 0 Å². The van der Waals surface area contributed by atoms with Crippen molar-refractivity contribution in [2.45, 2.75) is 37.9 Å². The molecule has 1 aliphatic heterocycles. The summed E-state index contributed by atoms with van der Waals surface area (Å²) in [5.41, 5.74) is 0.786. The van der Waals surface area contributed by atoms with Gasteiger partial charge in [-0.25, -0.2) is 4.79 Å². The summed E-state index contributed by atoms with van der Waals surface area (Å²) < 4.78 is 36.5. The maximum Gasteiger partial charge on any atom is 0.389 e. The van der Waals surface area contributed by atoms with Crippen LogP contribution < -0.4 is 0 Å². The van der Waals surface area contributed by atoms with Gasteiger partial charge in [-0.1, -0.05) is 12.1 Å². The lowest BCUT2D eigenvalue weighted by Crippen LogP contribution is -2.40. The molecule has 0 aliphatic carbocycles. The van der Waals surface area contributed by atoms with Gasteiger partial charge in [-0.2, -0.15) is 13.2 Å². The highest BCUT2D eigenvalue weighted by Crippen LogP contribution is 2.23. The third-order valence-corrected chi connectivity index (χ3v) is 3.70. The van der Waals surface area contributed by atoms with Crippen molar-refractivity contribution in [1.29, 1.82) is 0 Å². The van der Waals surface area contributed by atoms with Crippen LogP contribution in [0.4, 0.5) is 13.2 Å². The molecule has 1 heterocycles. The molecule has 1 aromatic rings. The van der Waals surface area contributed by atoms with Crippen LogP contribution in [0.2, 0.25) is 0 Å². The van der Waals surface area contributed by atoms with Gasteiger partial charge in [-0.15, -0.1) is 0 Å². The second kappa shape index (κ2) is 6.37. The molecular formula is C15H16F3NO3. The van der Waals surface area contributed by atoms with Gasteiger partial charge < -0.3 is 10.0 Å². The first-order valence-electron chi connectivity index (χ1n) is 6.97. The minimum atomic E-state index is -4.21. The first-order valence-corrected chi connectivity index (χ1v) is 6.97. The number of halogens is 3. The number of nitrogens with zero attached hydrogens (tertiary/aromatic N) is 1. The van der Waals surface area contributed by atoms with Crippen molar-refractivity contribution in [2.24, 2.45) is 0 Å². The molecular weight excluding hydrogens is 299 g/mol. The summed E-state index contributed by atoms with van der Waals surface area (Å²) in [6.45, 7) is 0.381. The first-order chi connectivity index (χ1) is 10.3. The maximum absolute atomic E-state index is 12.3. The largest absolute Gasteiger partial charge is 0.480 e. The molecule has 1 aromatic carbocycles. The van der Waals surface area contributed by atoms with Crippen LogP contribution in [0.5, 0.6) is 0 Å². The Kier molecular flexibility index (Phi) is 4.73. The molecule has 0 aromatic heterocycles. The quantitative estimate of drug-likeness (QED) is 0.929. The van der Waals surface area contributed by atoms with E-state index in [1.807, 2.05) is 0 Å². The normalized spacial score (nSPS) is 18.5. The van der Waals surface area contributed by atoms with Crippen LogP contribution >= 0.6 is 0 Å². The number of likely N-dealkylation sites (tertiary alicyclic amines) is 1. The van der Waals surface area contributed by atoms with Gasteiger partial charge in [0.1, 0.15) is 6.04 Å². The Morgan fingerprint density at radius 3 is 2.41 bits per heavy atom. The smallest absolute Gasteiger partial charge is 0.389 e. The molecule has 0 radical (unpaired) electrons. The number of aliphatic carboxylic acids is 1. The van der Waals surface area contributed by atoms with E-state index in [2.05, 4.69) is 0 Å². The summed E-state index contributed by atoms with van der Waals surface area (Å²) in [5.74, 6) is -1.43. The Morgan fingerprint density at radius 2 is 1.86 bits per heavy atom. The molecule has 4 nitrogen and oxygen atoms in total. The van der Waals surface area contributed by atoms with Crippen LogP contribution in [-0.4, -0.2) is 40.6 Å². The van der Waals surface area contributed by atoms with Crippen LogP contribution in [0.3, 0.4) is 0 Å². The van der Waals surface area contributed by atoms with E-state index in [-0.39, 0.29) is 6.42 Å². The number of hydrogen-bond acceptors (Lipinski definition) is 2. The molecule has 7 heteroatoms. The summed E-state index contributed by atoms with van der Waals surface area (Å²) >= 11 is 0. The summed E-state index contributed by atoms with van der Waals surface area (Å²) in [5, 5.41) is 9.07. The third-order valence-electron chi connectivity index (χ3n) is 3.70. The van der Waals surface area contributed by atoms with Crippen molar-refractivity contribution < 1.29 is 27.9 Å². The molecule has 0 saturated carbocycles. The lowest BCUT2D eigenvalue weighted by atomic mass is 10.1. The zero-order valence-corrected chi connectivity index (χ0v) is 11.8. The van der Waals surface area contributed by atoms with E-state index in [1.54, 1.807) is 0 Å². The average molecular weight is 315 g/mol. The van der Waals surface area contributed by atoms with Gasteiger partial charge in [0.05, 0.1) is 0 Å². The zero-order valence-electron chi connectivity index (χ0n) is 11.8. The summed E-state index contributed by atoms with van der Waals surface area (Å²) in [4.78, 5) is 24.7. The van der Waals surface area contributed by atoms with E-state index in [0.29, 0.717) is 30.5 Å². The predicted molar refractivity (Wildman–Crippen MR) is 72.5 cm³/mol. The number of rotatable bonds is 4. The van der Waals surface area contributed by atoms with Gasteiger partial charge in [0, 0.05) is 18.5 Å². The van der Waals surface area contributed by atoms with E-state index in [9.17, 15) is 22.8 Å². The predicted octanol–water partition coefficient (Wildman–Crippen LogP) is 2.87. The molecule has 1 aliphatic rings. The Morgan fingerprint density at radius 1 is 1.23 bits per heavy atom. The van der Waals surface area contributed by atoms with Gasteiger partial charge >= 0.3 is 12.1 Å². The van der Waals surface area contributed by atoms with Gasteiger partial charge in [-0.05, 0) is 37.0 Å². The number of carboxylic acid groups (broad SMARTS) is 1. The lowest BCUT2D eigenvalue weighted by molar-refractivity contribution is -0.141. The van der Waals surface area contributed by atoms with Crippen molar-refractivity contribution in [3.8, 4) is 0 Å². The second-order valence-electron chi connectivity index (χ2n) is 5.31. The molecule has 120 valence electrons. The molecule has 1 fully saturated rings. The summed E-state index contributed by atoms with van der Waals surface area (Å²) in [6, 6.07) is 5.03. The summed E-state index contributed by atoms with van der Waals surface area (Å²) in [6.07, 6.45) is -4.21. The molecule has 1 saturated heterocycles. The van der Waals surface area contributed by atoms with E-state index in [1.165, 1.54) is 29.2 Å². The number of carbonyl (C=O) groups is 2. The molecule has 1 N–H and O–H groups in total. The van der Waals surface area contributed by atoms with Gasteiger partial charge in [-0.3, -0.25) is 4.79 Å². The minimum absolute atomic E-state index is 0.139. The van der Waals surface area contributed by atoms with Gasteiger partial charge in [0.25, 0.3) is 5.91 Å². The van der Waals surface area contributed by atoms with Crippen molar-refractivity contribution in [3.05, 3.63) is 35.4 Å². The van der Waals surface area contributed by atoms with Crippen LogP contribution in [0.1, 0.15) is 35.2 Å². The fraction of sp³-hybridized carbons (Fsp3) is 0.467.